The van der Waals surface area contributed by atoms with Crippen LogP contribution >= 0.6 is 0 Å². The van der Waals surface area contributed by atoms with E-state index in [9.17, 15) is 0 Å². The van der Waals surface area contributed by atoms with Crippen molar-refractivity contribution in [2.75, 3.05) is 31.6 Å². The van der Waals surface area contributed by atoms with Gasteiger partial charge in [0.1, 0.15) is 12.4 Å². The van der Waals surface area contributed by atoms with Crippen LogP contribution in [0.1, 0.15) is 24.1 Å². The SMILES string of the molecule is C1=C(CN2CCC3(CC2)Nc2ccccc2-n2cccc23)COc2ccccc21. The van der Waals surface area contributed by atoms with E-state index < -0.39 is 0 Å². The predicted octanol–water partition coefficient (Wildman–Crippen LogP) is 4.67. The van der Waals surface area contributed by atoms with E-state index in [2.05, 4.69) is 81.7 Å². The summed E-state index contributed by atoms with van der Waals surface area (Å²) in [6, 6.07) is 21.4. The van der Waals surface area contributed by atoms with Crippen LogP contribution in [0, 0.1) is 0 Å². The lowest BCUT2D eigenvalue weighted by atomic mass is 9.82. The number of rotatable bonds is 2. The number of ether oxygens (including phenoxy) is 1. The van der Waals surface area contributed by atoms with Gasteiger partial charge >= 0.3 is 0 Å². The van der Waals surface area contributed by atoms with Gasteiger partial charge in [-0.2, -0.15) is 0 Å². The zero-order chi connectivity index (χ0) is 19.3. The Morgan fingerprint density at radius 2 is 1.76 bits per heavy atom. The summed E-state index contributed by atoms with van der Waals surface area (Å²) in [5, 5.41) is 3.91. The average Bonchev–Trinajstić information content (AvgIpc) is 3.27. The molecule has 0 amide bonds. The third kappa shape index (κ3) is 2.78. The molecule has 3 aliphatic rings. The molecule has 4 nitrogen and oxygen atoms in total. The molecule has 0 unspecified atom stereocenters. The van der Waals surface area contributed by atoms with Crippen LogP contribution in [0.3, 0.4) is 0 Å². The number of hydrogen-bond donors (Lipinski definition) is 1. The number of nitrogens with zero attached hydrogens (tertiary/aromatic N) is 2. The summed E-state index contributed by atoms with van der Waals surface area (Å²) in [5.41, 5.74) is 6.48. The molecule has 1 fully saturated rings. The Kier molecular flexibility index (Phi) is 3.81. The third-order valence-corrected chi connectivity index (χ3v) is 6.60. The van der Waals surface area contributed by atoms with E-state index in [4.69, 9.17) is 4.74 Å². The van der Waals surface area contributed by atoms with Crippen LogP contribution in [-0.2, 0) is 5.54 Å². The maximum absolute atomic E-state index is 5.95. The first-order chi connectivity index (χ1) is 14.3. The van der Waals surface area contributed by atoms with E-state index in [0.29, 0.717) is 6.61 Å². The smallest absolute Gasteiger partial charge is 0.127 e. The van der Waals surface area contributed by atoms with E-state index >= 15 is 0 Å². The first-order valence-electron chi connectivity index (χ1n) is 10.5. The predicted molar refractivity (Wildman–Crippen MR) is 117 cm³/mol. The van der Waals surface area contributed by atoms with Gasteiger partial charge in [0.25, 0.3) is 0 Å². The first-order valence-corrected chi connectivity index (χ1v) is 10.5. The Bertz CT molecular complexity index is 1090. The minimum Gasteiger partial charge on any atom is -0.489 e. The minimum atomic E-state index is 0.0262. The lowest BCUT2D eigenvalue weighted by Crippen LogP contribution is -2.50. The number of para-hydroxylation sites is 3. The maximum Gasteiger partial charge on any atom is 0.127 e. The average molecular weight is 383 g/mol. The molecule has 2 aromatic carbocycles. The number of fused-ring (bicyclic) bond motifs is 5. The lowest BCUT2D eigenvalue weighted by molar-refractivity contribution is 0.175. The fourth-order valence-corrected chi connectivity index (χ4v) is 5.11. The van der Waals surface area contributed by atoms with Crippen LogP contribution in [0.15, 0.2) is 72.4 Å². The molecule has 4 heteroatoms. The number of piperidine rings is 1. The van der Waals surface area contributed by atoms with Crippen molar-refractivity contribution in [2.24, 2.45) is 0 Å². The fraction of sp³-hybridized carbons (Fsp3) is 0.280. The van der Waals surface area contributed by atoms with E-state index in [-0.39, 0.29) is 5.54 Å². The van der Waals surface area contributed by atoms with Crippen molar-refractivity contribution in [3.8, 4) is 11.4 Å². The lowest BCUT2D eigenvalue weighted by Gasteiger charge is -2.46. The molecule has 1 saturated heterocycles. The Morgan fingerprint density at radius 1 is 0.931 bits per heavy atom. The molecule has 3 aliphatic heterocycles. The zero-order valence-electron chi connectivity index (χ0n) is 16.5. The van der Waals surface area contributed by atoms with Crippen molar-refractivity contribution in [1.29, 1.82) is 0 Å². The van der Waals surface area contributed by atoms with E-state index in [1.165, 1.54) is 28.2 Å². The molecule has 0 atom stereocenters. The second kappa shape index (κ2) is 6.53. The summed E-state index contributed by atoms with van der Waals surface area (Å²) >= 11 is 0. The molecule has 1 N–H and O–H groups in total. The van der Waals surface area contributed by atoms with Gasteiger partial charge in [-0.15, -0.1) is 0 Å². The summed E-state index contributed by atoms with van der Waals surface area (Å²) < 4.78 is 8.32. The van der Waals surface area contributed by atoms with Gasteiger partial charge in [-0.25, -0.2) is 0 Å². The summed E-state index contributed by atoms with van der Waals surface area (Å²) in [5.74, 6) is 1.000. The topological polar surface area (TPSA) is 29.4 Å². The first kappa shape index (κ1) is 16.9. The van der Waals surface area contributed by atoms with Crippen LogP contribution in [0.4, 0.5) is 5.69 Å². The number of anilines is 1. The molecule has 0 aliphatic carbocycles. The van der Waals surface area contributed by atoms with Crippen molar-refractivity contribution < 1.29 is 4.74 Å². The highest BCUT2D eigenvalue weighted by Crippen LogP contribution is 2.43. The van der Waals surface area contributed by atoms with Crippen molar-refractivity contribution in [2.45, 2.75) is 18.4 Å². The Labute approximate surface area is 171 Å². The molecule has 0 radical (unpaired) electrons. The van der Waals surface area contributed by atoms with Gasteiger partial charge in [0, 0.05) is 37.1 Å². The highest BCUT2D eigenvalue weighted by Gasteiger charge is 2.41. The summed E-state index contributed by atoms with van der Waals surface area (Å²) in [6.45, 7) is 3.85. The van der Waals surface area contributed by atoms with Gasteiger partial charge in [-0.05, 0) is 54.8 Å². The van der Waals surface area contributed by atoms with Crippen LogP contribution in [0.2, 0.25) is 0 Å². The second-order valence-corrected chi connectivity index (χ2v) is 8.39. The maximum atomic E-state index is 5.95. The number of hydrogen-bond acceptors (Lipinski definition) is 3. The van der Waals surface area contributed by atoms with Crippen LogP contribution in [0.25, 0.3) is 11.8 Å². The van der Waals surface area contributed by atoms with Crippen LogP contribution in [-0.4, -0.2) is 35.7 Å². The molecule has 4 heterocycles. The third-order valence-electron chi connectivity index (χ3n) is 6.60. The quantitative estimate of drug-likeness (QED) is 0.697. The standard InChI is InChI=1S/C25H25N3O/c1-4-9-23-20(6-1)16-19(18-29-23)17-27-14-11-25(12-15-27)24-10-5-13-28(24)22-8-3-2-7-21(22)26-25/h1-10,13,16,26H,11-12,14-15,17-18H2. The van der Waals surface area contributed by atoms with E-state index in [0.717, 1.165) is 38.2 Å². The van der Waals surface area contributed by atoms with Gasteiger partial charge in [-0.3, -0.25) is 4.90 Å². The molecule has 29 heavy (non-hydrogen) atoms. The Hall–Kier alpha value is -2.98. The second-order valence-electron chi connectivity index (χ2n) is 8.39. The number of likely N-dealkylation sites (tertiary alicyclic amines) is 1. The highest BCUT2D eigenvalue weighted by atomic mass is 16.5. The van der Waals surface area contributed by atoms with Crippen molar-refractivity contribution in [3.63, 3.8) is 0 Å². The van der Waals surface area contributed by atoms with Crippen molar-refractivity contribution in [3.05, 3.63) is 83.7 Å². The highest BCUT2D eigenvalue weighted by molar-refractivity contribution is 5.67. The summed E-state index contributed by atoms with van der Waals surface area (Å²) in [6.07, 6.45) is 6.72. The van der Waals surface area contributed by atoms with Gasteiger partial charge in [0.15, 0.2) is 0 Å². The van der Waals surface area contributed by atoms with Crippen molar-refractivity contribution in [1.82, 2.24) is 9.47 Å². The fourth-order valence-electron chi connectivity index (χ4n) is 5.11. The summed E-state index contributed by atoms with van der Waals surface area (Å²) in [4.78, 5) is 2.57. The number of benzene rings is 2. The van der Waals surface area contributed by atoms with Gasteiger partial charge in [0.2, 0.25) is 0 Å². The molecule has 1 aromatic heterocycles. The molecule has 6 rings (SSSR count). The van der Waals surface area contributed by atoms with Gasteiger partial charge in [-0.1, -0.05) is 30.3 Å². The van der Waals surface area contributed by atoms with Crippen LogP contribution in [0.5, 0.6) is 5.75 Å². The molecular weight excluding hydrogens is 358 g/mol. The molecule has 146 valence electrons. The monoisotopic (exact) mass is 383 g/mol. The Morgan fingerprint density at radius 3 is 2.69 bits per heavy atom. The van der Waals surface area contributed by atoms with E-state index in [1.807, 2.05) is 6.07 Å². The van der Waals surface area contributed by atoms with Gasteiger partial charge in [0.05, 0.1) is 16.9 Å². The minimum absolute atomic E-state index is 0.0262. The normalized spacial score (nSPS) is 19.4. The molecule has 0 saturated carbocycles. The molecule has 0 bridgehead atoms. The molecule has 3 aromatic rings. The molecule has 1 spiro atoms. The van der Waals surface area contributed by atoms with Gasteiger partial charge < -0.3 is 14.6 Å². The number of aromatic nitrogens is 1. The largest absolute Gasteiger partial charge is 0.489 e. The number of nitrogens with one attached hydrogen (secondary N) is 1. The molecular formula is C25H25N3O. The van der Waals surface area contributed by atoms with E-state index in [1.54, 1.807) is 0 Å². The Balaban J connectivity index is 1.21. The van der Waals surface area contributed by atoms with Crippen LogP contribution < -0.4 is 10.1 Å². The van der Waals surface area contributed by atoms with Crippen molar-refractivity contribution >= 4 is 11.8 Å². The zero-order valence-corrected chi connectivity index (χ0v) is 16.5. The summed E-state index contributed by atoms with van der Waals surface area (Å²) in [7, 11) is 0.